The smallest absolute Gasteiger partial charge is 0.407 e. The minimum Gasteiger partial charge on any atom is -0.444 e. The SMILES string of the molecule is CC(C)(C)OC(=O)NC[C@@H]1CCCN1c1ncccn1. The summed E-state index contributed by atoms with van der Waals surface area (Å²) in [5.41, 5.74) is -0.470. The minimum absolute atomic E-state index is 0.227. The van der Waals surface area contributed by atoms with Crippen molar-refractivity contribution in [2.24, 2.45) is 0 Å². The molecular formula is C14H22N4O2. The zero-order valence-corrected chi connectivity index (χ0v) is 12.3. The molecule has 1 N–H and O–H groups in total. The number of aromatic nitrogens is 2. The summed E-state index contributed by atoms with van der Waals surface area (Å²) >= 11 is 0. The highest BCUT2D eigenvalue weighted by molar-refractivity contribution is 5.67. The number of nitrogens with zero attached hydrogens (tertiary/aromatic N) is 3. The predicted molar refractivity (Wildman–Crippen MR) is 76.6 cm³/mol. The average Bonchev–Trinajstić information content (AvgIpc) is 2.83. The van der Waals surface area contributed by atoms with Crippen molar-refractivity contribution in [2.75, 3.05) is 18.0 Å². The number of anilines is 1. The van der Waals surface area contributed by atoms with Gasteiger partial charge in [0.05, 0.1) is 0 Å². The van der Waals surface area contributed by atoms with Gasteiger partial charge in [0.15, 0.2) is 0 Å². The molecule has 0 bridgehead atoms. The molecule has 0 aliphatic carbocycles. The van der Waals surface area contributed by atoms with E-state index in [9.17, 15) is 4.79 Å². The van der Waals surface area contributed by atoms with Crippen molar-refractivity contribution in [2.45, 2.75) is 45.3 Å². The fourth-order valence-corrected chi connectivity index (χ4v) is 2.27. The highest BCUT2D eigenvalue weighted by Crippen LogP contribution is 2.21. The minimum atomic E-state index is -0.470. The van der Waals surface area contributed by atoms with Crippen LogP contribution in [0, 0.1) is 0 Å². The molecule has 1 aliphatic heterocycles. The molecule has 6 nitrogen and oxygen atoms in total. The molecule has 2 rings (SSSR count). The van der Waals surface area contributed by atoms with Crippen LogP contribution in [0.5, 0.6) is 0 Å². The van der Waals surface area contributed by atoms with Crippen LogP contribution >= 0.6 is 0 Å². The number of hydrogen-bond donors (Lipinski definition) is 1. The van der Waals surface area contributed by atoms with Crippen molar-refractivity contribution in [1.29, 1.82) is 0 Å². The van der Waals surface area contributed by atoms with E-state index in [1.165, 1.54) is 0 Å². The van der Waals surface area contributed by atoms with Crippen LogP contribution in [0.15, 0.2) is 18.5 Å². The largest absolute Gasteiger partial charge is 0.444 e. The van der Waals surface area contributed by atoms with E-state index in [1.54, 1.807) is 18.5 Å². The van der Waals surface area contributed by atoms with Gasteiger partial charge in [-0.3, -0.25) is 0 Å². The van der Waals surface area contributed by atoms with Crippen molar-refractivity contribution in [3.05, 3.63) is 18.5 Å². The van der Waals surface area contributed by atoms with Gasteiger partial charge in [0.1, 0.15) is 5.60 Å². The zero-order chi connectivity index (χ0) is 14.6. The molecule has 0 saturated carbocycles. The summed E-state index contributed by atoms with van der Waals surface area (Å²) in [4.78, 5) is 22.3. The van der Waals surface area contributed by atoms with Gasteiger partial charge in [0, 0.05) is 31.5 Å². The molecule has 0 aromatic carbocycles. The predicted octanol–water partition coefficient (Wildman–Crippen LogP) is 1.97. The Balaban J connectivity index is 1.88. The lowest BCUT2D eigenvalue weighted by molar-refractivity contribution is 0.0525. The van der Waals surface area contributed by atoms with E-state index in [4.69, 9.17) is 4.74 Å². The number of alkyl carbamates (subject to hydrolysis) is 1. The van der Waals surface area contributed by atoms with Gasteiger partial charge in [-0.15, -0.1) is 0 Å². The second kappa shape index (κ2) is 6.07. The van der Waals surface area contributed by atoms with Crippen LogP contribution in [-0.2, 0) is 4.74 Å². The van der Waals surface area contributed by atoms with Gasteiger partial charge in [-0.25, -0.2) is 14.8 Å². The van der Waals surface area contributed by atoms with E-state index in [0.717, 1.165) is 25.3 Å². The van der Waals surface area contributed by atoms with Gasteiger partial charge in [-0.2, -0.15) is 0 Å². The normalized spacial score (nSPS) is 18.9. The van der Waals surface area contributed by atoms with Crippen LogP contribution in [0.2, 0.25) is 0 Å². The van der Waals surface area contributed by atoms with Crippen molar-refractivity contribution in [3.63, 3.8) is 0 Å². The maximum atomic E-state index is 11.7. The Kier molecular flexibility index (Phi) is 4.42. The van der Waals surface area contributed by atoms with Crippen LogP contribution < -0.4 is 10.2 Å². The molecule has 0 spiro atoms. The first kappa shape index (κ1) is 14.6. The summed E-state index contributed by atoms with van der Waals surface area (Å²) in [7, 11) is 0. The molecular weight excluding hydrogens is 256 g/mol. The summed E-state index contributed by atoms with van der Waals surface area (Å²) in [5.74, 6) is 0.723. The van der Waals surface area contributed by atoms with E-state index in [1.807, 2.05) is 20.8 Å². The van der Waals surface area contributed by atoms with E-state index < -0.39 is 5.60 Å². The third-order valence-corrected chi connectivity index (χ3v) is 3.07. The lowest BCUT2D eigenvalue weighted by Gasteiger charge is -2.25. The molecule has 20 heavy (non-hydrogen) atoms. The second-order valence-electron chi connectivity index (χ2n) is 5.92. The first-order chi connectivity index (χ1) is 9.46. The Morgan fingerprint density at radius 2 is 2.15 bits per heavy atom. The lowest BCUT2D eigenvalue weighted by Crippen LogP contribution is -2.42. The molecule has 1 aliphatic rings. The first-order valence-electron chi connectivity index (χ1n) is 6.96. The van der Waals surface area contributed by atoms with Gasteiger partial charge < -0.3 is 15.0 Å². The standard InChI is InChI=1S/C14H22N4O2/c1-14(2,3)20-13(19)17-10-11-6-4-9-18(11)12-15-7-5-8-16-12/h5,7-8,11H,4,6,9-10H2,1-3H3,(H,17,19)/t11-/m0/s1. The monoisotopic (exact) mass is 278 g/mol. The van der Waals surface area contributed by atoms with E-state index in [0.29, 0.717) is 6.54 Å². The topological polar surface area (TPSA) is 67.3 Å². The summed E-state index contributed by atoms with van der Waals surface area (Å²) in [6.45, 7) is 7.03. The Morgan fingerprint density at radius 1 is 1.45 bits per heavy atom. The van der Waals surface area contributed by atoms with Crippen LogP contribution in [0.3, 0.4) is 0 Å². The number of carbonyl (C=O) groups excluding carboxylic acids is 1. The van der Waals surface area contributed by atoms with Gasteiger partial charge in [0.2, 0.25) is 5.95 Å². The van der Waals surface area contributed by atoms with Crippen molar-refractivity contribution < 1.29 is 9.53 Å². The van der Waals surface area contributed by atoms with Crippen LogP contribution in [-0.4, -0.2) is 40.8 Å². The van der Waals surface area contributed by atoms with Gasteiger partial charge in [-0.1, -0.05) is 0 Å². The number of hydrogen-bond acceptors (Lipinski definition) is 5. The lowest BCUT2D eigenvalue weighted by atomic mass is 10.2. The number of nitrogens with one attached hydrogen (secondary N) is 1. The molecule has 1 aromatic heterocycles. The molecule has 1 amide bonds. The molecule has 1 aromatic rings. The number of carbonyl (C=O) groups is 1. The summed E-state index contributed by atoms with van der Waals surface area (Å²) < 4.78 is 5.24. The third-order valence-electron chi connectivity index (χ3n) is 3.07. The molecule has 0 unspecified atom stereocenters. The van der Waals surface area contributed by atoms with Gasteiger partial charge in [0.25, 0.3) is 0 Å². The Morgan fingerprint density at radius 3 is 2.80 bits per heavy atom. The Labute approximate surface area is 119 Å². The van der Waals surface area contributed by atoms with Crippen LogP contribution in [0.25, 0.3) is 0 Å². The molecule has 110 valence electrons. The molecule has 6 heteroatoms. The molecule has 1 saturated heterocycles. The van der Waals surface area contributed by atoms with Crippen molar-refractivity contribution in [1.82, 2.24) is 15.3 Å². The van der Waals surface area contributed by atoms with Crippen molar-refractivity contribution >= 4 is 12.0 Å². The summed E-state index contributed by atoms with van der Waals surface area (Å²) in [5, 5.41) is 2.82. The third kappa shape index (κ3) is 4.08. The fraction of sp³-hybridized carbons (Fsp3) is 0.643. The van der Waals surface area contributed by atoms with Crippen LogP contribution in [0.4, 0.5) is 10.7 Å². The number of ether oxygens (including phenoxy) is 1. The quantitative estimate of drug-likeness (QED) is 0.915. The van der Waals surface area contributed by atoms with Gasteiger partial charge >= 0.3 is 6.09 Å². The highest BCUT2D eigenvalue weighted by Gasteiger charge is 2.27. The van der Waals surface area contributed by atoms with E-state index >= 15 is 0 Å². The van der Waals surface area contributed by atoms with Crippen molar-refractivity contribution in [3.8, 4) is 0 Å². The Bertz CT molecular complexity index is 444. The fourth-order valence-electron chi connectivity index (χ4n) is 2.27. The summed E-state index contributed by atoms with van der Waals surface area (Å²) in [6.07, 6.45) is 5.20. The zero-order valence-electron chi connectivity index (χ0n) is 12.3. The maximum Gasteiger partial charge on any atom is 0.407 e. The first-order valence-corrected chi connectivity index (χ1v) is 6.96. The molecule has 1 atom stereocenters. The summed E-state index contributed by atoms with van der Waals surface area (Å²) in [6, 6.07) is 2.03. The number of rotatable bonds is 3. The van der Waals surface area contributed by atoms with Crippen LogP contribution in [0.1, 0.15) is 33.6 Å². The molecule has 0 radical (unpaired) electrons. The Hall–Kier alpha value is -1.85. The van der Waals surface area contributed by atoms with E-state index in [2.05, 4.69) is 20.2 Å². The second-order valence-corrected chi connectivity index (χ2v) is 5.92. The highest BCUT2D eigenvalue weighted by atomic mass is 16.6. The van der Waals surface area contributed by atoms with E-state index in [-0.39, 0.29) is 12.1 Å². The average molecular weight is 278 g/mol. The number of amides is 1. The molecule has 2 heterocycles. The molecule has 1 fully saturated rings. The maximum absolute atomic E-state index is 11.7. The van der Waals surface area contributed by atoms with Gasteiger partial charge in [-0.05, 0) is 39.7 Å².